The van der Waals surface area contributed by atoms with Gasteiger partial charge in [-0.3, -0.25) is 9.38 Å². The van der Waals surface area contributed by atoms with Gasteiger partial charge in [-0.05, 0) is 80.9 Å². The molecular weight excluding hydrogens is 426 g/mol. The fourth-order valence-electron chi connectivity index (χ4n) is 6.71. The summed E-state index contributed by atoms with van der Waals surface area (Å²) in [6.45, 7) is 0. The molecule has 2 aliphatic rings. The first-order valence-corrected chi connectivity index (χ1v) is 12.2. The number of fused-ring (bicyclic) bond motifs is 16. The van der Waals surface area contributed by atoms with Crippen molar-refractivity contribution < 1.29 is 0 Å². The standard InChI is InChI=1S/C32H19N3/c1-2-6-20-18(5-1)15-24-21(20)10-9-19-16-25-22(30(19)24)11-12-23-26-17-33-14-13-28(26)35-29-8-4-3-7-27(29)34-32(35)31(23)25/h1-14,17H,15-16H2. The van der Waals surface area contributed by atoms with Crippen molar-refractivity contribution in [3.05, 3.63) is 114 Å². The van der Waals surface area contributed by atoms with Crippen LogP contribution < -0.4 is 0 Å². The number of aromatic nitrogens is 3. The minimum Gasteiger partial charge on any atom is -0.292 e. The maximum atomic E-state index is 5.18. The van der Waals surface area contributed by atoms with Crippen LogP contribution in [-0.2, 0) is 12.8 Å². The first-order valence-electron chi connectivity index (χ1n) is 12.2. The van der Waals surface area contributed by atoms with E-state index in [2.05, 4.69) is 88.2 Å². The smallest absolute Gasteiger partial charge is 0.146 e. The van der Waals surface area contributed by atoms with Crippen LogP contribution in [-0.4, -0.2) is 14.4 Å². The molecule has 0 saturated carbocycles. The molecule has 0 unspecified atom stereocenters. The van der Waals surface area contributed by atoms with Crippen molar-refractivity contribution in [3.8, 4) is 22.3 Å². The Balaban J connectivity index is 1.44. The summed E-state index contributed by atoms with van der Waals surface area (Å²) >= 11 is 0. The second kappa shape index (κ2) is 6.13. The monoisotopic (exact) mass is 445 g/mol. The van der Waals surface area contributed by atoms with Crippen molar-refractivity contribution in [3.63, 3.8) is 0 Å². The van der Waals surface area contributed by atoms with E-state index in [0.29, 0.717) is 0 Å². The van der Waals surface area contributed by atoms with Crippen molar-refractivity contribution in [2.75, 3.05) is 0 Å². The molecule has 35 heavy (non-hydrogen) atoms. The van der Waals surface area contributed by atoms with Crippen molar-refractivity contribution in [2.45, 2.75) is 12.8 Å². The Morgan fingerprint density at radius 1 is 0.629 bits per heavy atom. The number of pyridine rings is 2. The number of hydrogen-bond acceptors (Lipinski definition) is 2. The fourth-order valence-corrected chi connectivity index (χ4v) is 6.71. The van der Waals surface area contributed by atoms with Gasteiger partial charge < -0.3 is 0 Å². The molecule has 0 bridgehead atoms. The normalized spacial score (nSPS) is 13.5. The average molecular weight is 446 g/mol. The summed E-state index contributed by atoms with van der Waals surface area (Å²) in [4.78, 5) is 9.68. The van der Waals surface area contributed by atoms with Crippen molar-refractivity contribution >= 4 is 38.4 Å². The SMILES string of the molecule is c1ccc2c(c1)Cc1c-2ccc2c1-c1ccc3c4cnccc4n4c5ccccc5nc4c3c1C2. The largest absolute Gasteiger partial charge is 0.292 e. The van der Waals surface area contributed by atoms with Gasteiger partial charge in [0.25, 0.3) is 0 Å². The zero-order valence-electron chi connectivity index (χ0n) is 18.9. The van der Waals surface area contributed by atoms with Gasteiger partial charge >= 0.3 is 0 Å². The van der Waals surface area contributed by atoms with Crippen LogP contribution in [0.25, 0.3) is 60.6 Å². The number of benzene rings is 4. The predicted octanol–water partition coefficient (Wildman–Crippen LogP) is 7.33. The Kier molecular flexibility index (Phi) is 3.14. The maximum Gasteiger partial charge on any atom is 0.146 e. The van der Waals surface area contributed by atoms with E-state index in [-0.39, 0.29) is 0 Å². The second-order valence-electron chi connectivity index (χ2n) is 9.80. The van der Waals surface area contributed by atoms with Gasteiger partial charge in [0.2, 0.25) is 0 Å². The minimum atomic E-state index is 0.941. The van der Waals surface area contributed by atoms with Crippen LogP contribution >= 0.6 is 0 Å². The summed E-state index contributed by atoms with van der Waals surface area (Å²) in [5, 5.41) is 3.68. The molecule has 162 valence electrons. The molecule has 0 radical (unpaired) electrons. The molecule has 3 heteroatoms. The third-order valence-corrected chi connectivity index (χ3v) is 8.14. The molecule has 3 aromatic heterocycles. The molecule has 3 nitrogen and oxygen atoms in total. The van der Waals surface area contributed by atoms with Crippen LogP contribution in [0.1, 0.15) is 22.3 Å². The zero-order chi connectivity index (χ0) is 22.7. The lowest BCUT2D eigenvalue weighted by atomic mass is 9.94. The Hall–Kier alpha value is -4.50. The number of imidazole rings is 1. The molecule has 0 atom stereocenters. The predicted molar refractivity (Wildman–Crippen MR) is 142 cm³/mol. The number of nitrogens with zero attached hydrogens (tertiary/aromatic N) is 3. The summed E-state index contributed by atoms with van der Waals surface area (Å²) in [6.07, 6.45) is 5.84. The lowest BCUT2D eigenvalue weighted by molar-refractivity contribution is 1.24. The highest BCUT2D eigenvalue weighted by Crippen LogP contribution is 2.50. The van der Waals surface area contributed by atoms with Gasteiger partial charge in [0.05, 0.1) is 16.6 Å². The van der Waals surface area contributed by atoms with Gasteiger partial charge in [-0.15, -0.1) is 0 Å². The summed E-state index contributed by atoms with van der Waals surface area (Å²) in [6, 6.07) is 28.8. The van der Waals surface area contributed by atoms with Crippen molar-refractivity contribution in [1.82, 2.24) is 14.4 Å². The van der Waals surface area contributed by atoms with Crippen LogP contribution in [0.4, 0.5) is 0 Å². The minimum absolute atomic E-state index is 0.941. The molecule has 4 aromatic carbocycles. The summed E-state index contributed by atoms with van der Waals surface area (Å²) in [5.74, 6) is 0. The van der Waals surface area contributed by atoms with Gasteiger partial charge in [-0.2, -0.15) is 0 Å². The highest BCUT2D eigenvalue weighted by atomic mass is 15.0. The molecule has 7 aromatic rings. The van der Waals surface area contributed by atoms with Gasteiger partial charge in [0, 0.05) is 23.2 Å². The van der Waals surface area contributed by atoms with E-state index in [4.69, 9.17) is 4.98 Å². The number of rotatable bonds is 0. The quantitative estimate of drug-likeness (QED) is 0.229. The molecular formula is C32H19N3. The lowest BCUT2D eigenvalue weighted by Crippen LogP contribution is -1.95. The van der Waals surface area contributed by atoms with Gasteiger partial charge in [-0.25, -0.2) is 4.98 Å². The zero-order valence-corrected chi connectivity index (χ0v) is 18.9. The molecule has 0 N–H and O–H groups in total. The maximum absolute atomic E-state index is 5.18. The van der Waals surface area contributed by atoms with Crippen molar-refractivity contribution in [2.24, 2.45) is 0 Å². The number of hydrogen-bond donors (Lipinski definition) is 0. The molecule has 0 aliphatic heterocycles. The van der Waals surface area contributed by atoms with E-state index in [1.807, 2.05) is 12.4 Å². The Morgan fingerprint density at radius 2 is 1.49 bits per heavy atom. The molecule has 0 saturated heterocycles. The first-order chi connectivity index (χ1) is 17.4. The third-order valence-electron chi connectivity index (χ3n) is 8.14. The molecule has 9 rings (SSSR count). The third kappa shape index (κ3) is 2.12. The topological polar surface area (TPSA) is 30.2 Å². The average Bonchev–Trinajstić information content (AvgIpc) is 3.59. The highest BCUT2D eigenvalue weighted by molar-refractivity contribution is 6.17. The summed E-state index contributed by atoms with van der Waals surface area (Å²) in [5.41, 5.74) is 15.7. The van der Waals surface area contributed by atoms with E-state index < -0.39 is 0 Å². The molecule has 3 heterocycles. The van der Waals surface area contributed by atoms with E-state index in [9.17, 15) is 0 Å². The van der Waals surface area contributed by atoms with Gasteiger partial charge in [0.15, 0.2) is 0 Å². The number of para-hydroxylation sites is 2. The second-order valence-corrected chi connectivity index (χ2v) is 9.80. The highest BCUT2D eigenvalue weighted by Gasteiger charge is 2.30. The molecule has 0 amide bonds. The Labute approximate surface area is 201 Å². The molecule has 2 aliphatic carbocycles. The Morgan fingerprint density at radius 3 is 2.49 bits per heavy atom. The van der Waals surface area contributed by atoms with Crippen LogP contribution in [0.5, 0.6) is 0 Å². The summed E-state index contributed by atoms with van der Waals surface area (Å²) < 4.78 is 2.33. The van der Waals surface area contributed by atoms with Gasteiger partial charge in [0.1, 0.15) is 5.65 Å². The van der Waals surface area contributed by atoms with E-state index >= 15 is 0 Å². The Bertz CT molecular complexity index is 2060. The fraction of sp³-hybridized carbons (Fsp3) is 0.0625. The van der Waals surface area contributed by atoms with Crippen LogP contribution in [0.2, 0.25) is 0 Å². The van der Waals surface area contributed by atoms with E-state index in [1.165, 1.54) is 60.7 Å². The van der Waals surface area contributed by atoms with E-state index in [1.54, 1.807) is 0 Å². The summed E-state index contributed by atoms with van der Waals surface area (Å²) in [7, 11) is 0. The van der Waals surface area contributed by atoms with Gasteiger partial charge in [-0.1, -0.05) is 60.7 Å². The molecule has 0 spiro atoms. The van der Waals surface area contributed by atoms with Crippen LogP contribution in [0, 0.1) is 0 Å². The van der Waals surface area contributed by atoms with Crippen LogP contribution in [0.3, 0.4) is 0 Å². The van der Waals surface area contributed by atoms with Crippen LogP contribution in [0.15, 0.2) is 91.3 Å². The first kappa shape index (κ1) is 17.9. The van der Waals surface area contributed by atoms with Crippen molar-refractivity contribution in [1.29, 1.82) is 0 Å². The molecule has 0 fully saturated rings. The van der Waals surface area contributed by atoms with E-state index in [0.717, 1.165) is 35.0 Å². The lowest BCUT2D eigenvalue weighted by Gasteiger charge is -2.13.